The van der Waals surface area contributed by atoms with Crippen LogP contribution in [0.1, 0.15) is 13.3 Å². The number of nitrogens with zero attached hydrogens (tertiary/aromatic N) is 1. The summed E-state index contributed by atoms with van der Waals surface area (Å²) in [5, 5.41) is 8.90. The van der Waals surface area contributed by atoms with Gasteiger partial charge in [0.15, 0.2) is 0 Å². The lowest BCUT2D eigenvalue weighted by Gasteiger charge is -2.24. The van der Waals surface area contributed by atoms with Crippen LogP contribution in [0, 0.1) is 5.92 Å². The number of hydrogen-bond donors (Lipinski definition) is 1. The van der Waals surface area contributed by atoms with Crippen molar-refractivity contribution in [3.63, 3.8) is 0 Å². The molecule has 1 amide bonds. The van der Waals surface area contributed by atoms with Gasteiger partial charge in [-0.05, 0) is 12.3 Å². The van der Waals surface area contributed by atoms with E-state index in [4.69, 9.17) is 5.11 Å². The van der Waals surface area contributed by atoms with Crippen LogP contribution in [0.15, 0.2) is 0 Å². The van der Waals surface area contributed by atoms with Crippen LogP contribution in [0.3, 0.4) is 0 Å². The molecule has 1 aliphatic heterocycles. The summed E-state index contributed by atoms with van der Waals surface area (Å²) in [6.07, 6.45) is -2.27. The maximum Gasteiger partial charge on any atom is 0.315 e. The first kappa shape index (κ1) is 10.4. The van der Waals surface area contributed by atoms with Crippen molar-refractivity contribution in [2.75, 3.05) is 13.2 Å². The maximum absolute atomic E-state index is 12.0. The molecule has 1 heterocycles. The fourth-order valence-electron chi connectivity index (χ4n) is 1.69. The predicted molar refractivity (Wildman–Crippen MR) is 42.4 cm³/mol. The van der Waals surface area contributed by atoms with Crippen LogP contribution < -0.4 is 0 Å². The molecular weight excluding hydrogens is 180 g/mol. The summed E-state index contributed by atoms with van der Waals surface area (Å²) >= 11 is 0. The Bertz CT molecular complexity index is 199. The van der Waals surface area contributed by atoms with Crippen molar-refractivity contribution < 1.29 is 18.7 Å². The lowest BCUT2D eigenvalue weighted by atomic mass is 10.0. The van der Waals surface area contributed by atoms with E-state index in [1.165, 1.54) is 0 Å². The molecule has 0 saturated carbocycles. The monoisotopic (exact) mass is 193 g/mol. The van der Waals surface area contributed by atoms with Crippen molar-refractivity contribution in [1.29, 1.82) is 0 Å². The van der Waals surface area contributed by atoms with Gasteiger partial charge >= 0.3 is 6.43 Å². The zero-order chi connectivity index (χ0) is 10.0. The van der Waals surface area contributed by atoms with Gasteiger partial charge in [0.1, 0.15) is 0 Å². The van der Waals surface area contributed by atoms with Crippen molar-refractivity contribution in [3.05, 3.63) is 0 Å². The Balaban J connectivity index is 2.65. The van der Waals surface area contributed by atoms with E-state index >= 15 is 0 Å². The van der Waals surface area contributed by atoms with Crippen molar-refractivity contribution >= 4 is 5.91 Å². The van der Waals surface area contributed by atoms with Crippen molar-refractivity contribution in [3.8, 4) is 0 Å². The zero-order valence-electron chi connectivity index (χ0n) is 7.41. The molecule has 0 aromatic rings. The van der Waals surface area contributed by atoms with Crippen LogP contribution in [0.4, 0.5) is 8.78 Å². The van der Waals surface area contributed by atoms with Crippen molar-refractivity contribution in [2.24, 2.45) is 5.92 Å². The van der Waals surface area contributed by atoms with E-state index in [0.717, 1.165) is 4.90 Å². The second-order valence-corrected chi connectivity index (χ2v) is 3.35. The highest BCUT2D eigenvalue weighted by Gasteiger charge is 2.36. The molecule has 76 valence electrons. The molecule has 0 aromatic carbocycles. The first-order valence-electron chi connectivity index (χ1n) is 4.27. The average molecular weight is 193 g/mol. The molecule has 0 spiro atoms. The third-order valence-electron chi connectivity index (χ3n) is 2.54. The largest absolute Gasteiger partial charge is 0.394 e. The SMILES string of the molecule is CC1CCN(C(=O)C(F)F)C1CO. The number of carbonyl (C=O) groups excluding carboxylic acids is 1. The van der Waals surface area contributed by atoms with Crippen molar-refractivity contribution in [1.82, 2.24) is 4.90 Å². The normalized spacial score (nSPS) is 28.5. The topological polar surface area (TPSA) is 40.5 Å². The van der Waals surface area contributed by atoms with Gasteiger partial charge in [0, 0.05) is 6.54 Å². The molecule has 0 aromatic heterocycles. The summed E-state index contributed by atoms with van der Waals surface area (Å²) in [5.41, 5.74) is 0. The minimum Gasteiger partial charge on any atom is -0.394 e. The maximum atomic E-state index is 12.0. The lowest BCUT2D eigenvalue weighted by Crippen LogP contribution is -2.42. The molecular formula is C8H13F2NO2. The van der Waals surface area contributed by atoms with Gasteiger partial charge in [0.25, 0.3) is 5.91 Å². The fourth-order valence-corrected chi connectivity index (χ4v) is 1.69. The van der Waals surface area contributed by atoms with Gasteiger partial charge in [-0.3, -0.25) is 4.79 Å². The number of alkyl halides is 2. The summed E-state index contributed by atoms with van der Waals surface area (Å²) in [4.78, 5) is 12.0. The minimum atomic E-state index is -2.96. The smallest absolute Gasteiger partial charge is 0.315 e. The van der Waals surface area contributed by atoms with Gasteiger partial charge in [0.05, 0.1) is 12.6 Å². The van der Waals surface area contributed by atoms with E-state index in [1.54, 1.807) is 0 Å². The highest BCUT2D eigenvalue weighted by molar-refractivity contribution is 5.80. The number of halogens is 2. The number of hydrogen-bond acceptors (Lipinski definition) is 2. The average Bonchev–Trinajstić information content (AvgIpc) is 2.45. The van der Waals surface area contributed by atoms with E-state index in [9.17, 15) is 13.6 Å². The van der Waals surface area contributed by atoms with Gasteiger partial charge in [-0.15, -0.1) is 0 Å². The third kappa shape index (κ3) is 1.96. The first-order valence-corrected chi connectivity index (χ1v) is 4.27. The Labute approximate surface area is 75.3 Å². The first-order chi connectivity index (χ1) is 6.07. The molecule has 0 bridgehead atoms. The second kappa shape index (κ2) is 4.00. The Morgan fingerprint density at radius 1 is 1.69 bits per heavy atom. The Morgan fingerprint density at radius 2 is 2.31 bits per heavy atom. The summed E-state index contributed by atoms with van der Waals surface area (Å²) in [6.45, 7) is 1.94. The van der Waals surface area contributed by atoms with Crippen LogP contribution in [-0.4, -0.2) is 41.5 Å². The Morgan fingerprint density at radius 3 is 2.77 bits per heavy atom. The summed E-state index contributed by atoms with van der Waals surface area (Å²) in [5.74, 6) is -1.06. The van der Waals surface area contributed by atoms with Gasteiger partial charge in [0.2, 0.25) is 0 Å². The molecule has 1 saturated heterocycles. The molecule has 2 unspecified atom stereocenters. The van der Waals surface area contributed by atoms with Gasteiger partial charge < -0.3 is 10.0 Å². The molecule has 5 heteroatoms. The Kier molecular flexibility index (Phi) is 3.19. The van der Waals surface area contributed by atoms with Gasteiger partial charge in [-0.25, -0.2) is 0 Å². The molecule has 1 aliphatic rings. The number of carbonyl (C=O) groups is 1. The third-order valence-corrected chi connectivity index (χ3v) is 2.54. The van der Waals surface area contributed by atoms with Crippen LogP contribution in [-0.2, 0) is 4.79 Å². The van der Waals surface area contributed by atoms with Crippen LogP contribution in [0.25, 0.3) is 0 Å². The minimum absolute atomic E-state index is 0.104. The number of rotatable bonds is 2. The highest BCUT2D eigenvalue weighted by Crippen LogP contribution is 2.24. The number of aliphatic hydroxyl groups is 1. The summed E-state index contributed by atoms with van der Waals surface area (Å²) in [6, 6.07) is -0.429. The predicted octanol–water partition coefficient (Wildman–Crippen LogP) is 0.481. The van der Waals surface area contributed by atoms with Crippen molar-refractivity contribution in [2.45, 2.75) is 25.8 Å². The molecule has 0 radical (unpaired) electrons. The second-order valence-electron chi connectivity index (χ2n) is 3.35. The molecule has 0 aliphatic carbocycles. The quantitative estimate of drug-likeness (QED) is 0.693. The Hall–Kier alpha value is -0.710. The van der Waals surface area contributed by atoms with E-state index < -0.39 is 18.4 Å². The molecule has 1 rings (SSSR count). The van der Waals surface area contributed by atoms with E-state index in [0.29, 0.717) is 13.0 Å². The van der Waals surface area contributed by atoms with Crippen LogP contribution in [0.5, 0.6) is 0 Å². The molecule has 2 atom stereocenters. The van der Waals surface area contributed by atoms with E-state index in [2.05, 4.69) is 0 Å². The van der Waals surface area contributed by atoms with E-state index in [-0.39, 0.29) is 12.5 Å². The van der Waals surface area contributed by atoms with Gasteiger partial charge in [-0.2, -0.15) is 8.78 Å². The van der Waals surface area contributed by atoms with Gasteiger partial charge in [-0.1, -0.05) is 6.92 Å². The van der Waals surface area contributed by atoms with E-state index in [1.807, 2.05) is 6.92 Å². The number of amides is 1. The molecule has 13 heavy (non-hydrogen) atoms. The van der Waals surface area contributed by atoms with Crippen LogP contribution >= 0.6 is 0 Å². The number of aliphatic hydroxyl groups excluding tert-OH is 1. The fraction of sp³-hybridized carbons (Fsp3) is 0.875. The molecule has 3 nitrogen and oxygen atoms in total. The summed E-state index contributed by atoms with van der Waals surface area (Å²) in [7, 11) is 0. The molecule has 1 fully saturated rings. The molecule has 1 N–H and O–H groups in total. The number of likely N-dealkylation sites (tertiary alicyclic amines) is 1. The standard InChI is InChI=1S/C8H13F2NO2/c1-5-2-3-11(6(5)4-12)8(13)7(9)10/h5-7,12H,2-4H2,1H3. The van der Waals surface area contributed by atoms with Crippen LogP contribution in [0.2, 0.25) is 0 Å². The zero-order valence-corrected chi connectivity index (χ0v) is 7.41. The lowest BCUT2D eigenvalue weighted by molar-refractivity contribution is -0.144. The summed E-state index contributed by atoms with van der Waals surface area (Å²) < 4.78 is 24.1. The highest BCUT2D eigenvalue weighted by atomic mass is 19.3.